The molecule has 1 aliphatic rings. The number of ether oxygens (including phenoxy) is 1. The normalized spacial score (nSPS) is 20.6. The van der Waals surface area contributed by atoms with Crippen LogP contribution >= 0.6 is 0 Å². The molecule has 1 saturated carbocycles. The molecule has 0 aromatic carbocycles. The molecule has 0 saturated heterocycles. The number of imidazole rings is 1. The number of aliphatic hydroxyl groups is 1. The summed E-state index contributed by atoms with van der Waals surface area (Å²) in [5.74, 6) is -3.54. The van der Waals surface area contributed by atoms with E-state index >= 15 is 0 Å². The van der Waals surface area contributed by atoms with Crippen LogP contribution in [0.15, 0.2) is 35.4 Å². The number of hydrogen-bond acceptors (Lipinski definition) is 10. The molecule has 0 amide bonds. The first-order chi connectivity index (χ1) is 16.3. The second kappa shape index (κ2) is 11.4. The Bertz CT molecular complexity index is 1180. The molecule has 2 heterocycles. The van der Waals surface area contributed by atoms with Crippen LogP contribution in [-0.2, 0) is 19.1 Å². The number of nitrogens with one attached hydrogen (secondary N) is 1. The van der Waals surface area contributed by atoms with Crippen molar-refractivity contribution in [3.63, 3.8) is 0 Å². The van der Waals surface area contributed by atoms with Gasteiger partial charge in [-0.2, -0.15) is 4.98 Å². The molecule has 0 bridgehead atoms. The number of aliphatic hydroxyl groups excluding tert-OH is 1. The van der Waals surface area contributed by atoms with Gasteiger partial charge in [0.1, 0.15) is 12.6 Å². The first kappa shape index (κ1) is 27.2. The highest BCUT2D eigenvalue weighted by Crippen LogP contribution is 2.40. The van der Waals surface area contributed by atoms with E-state index in [1.807, 2.05) is 13.8 Å². The number of carboxylic acids is 2. The SMILES string of the molecule is C=C1[C@H](COC(=O)[C@@H](N)C(C)C)[C@@H](O)C[C@@H]1n1cnc2c(=O)[nH]c(N)nc21.O=C(O)/C=C\C(=O)O. The van der Waals surface area contributed by atoms with Crippen molar-refractivity contribution in [2.24, 2.45) is 17.6 Å². The summed E-state index contributed by atoms with van der Waals surface area (Å²) in [5, 5.41) is 26.1. The Morgan fingerprint density at radius 2 is 1.91 bits per heavy atom. The highest BCUT2D eigenvalue weighted by atomic mass is 16.5. The Labute approximate surface area is 198 Å². The number of carbonyl (C=O) groups excluding carboxylic acids is 1. The van der Waals surface area contributed by atoms with Crippen LogP contribution in [0.2, 0.25) is 0 Å². The average molecular weight is 492 g/mol. The number of aromatic nitrogens is 4. The number of nitrogens with zero attached hydrogens (tertiary/aromatic N) is 3. The van der Waals surface area contributed by atoms with E-state index in [1.165, 1.54) is 6.33 Å². The van der Waals surface area contributed by atoms with E-state index in [1.54, 1.807) is 4.57 Å². The van der Waals surface area contributed by atoms with Crippen molar-refractivity contribution in [3.05, 3.63) is 41.0 Å². The van der Waals surface area contributed by atoms with Gasteiger partial charge in [-0.05, 0) is 17.9 Å². The van der Waals surface area contributed by atoms with E-state index in [9.17, 15) is 24.3 Å². The summed E-state index contributed by atoms with van der Waals surface area (Å²) in [4.78, 5) is 53.6. The van der Waals surface area contributed by atoms with E-state index in [2.05, 4.69) is 21.5 Å². The summed E-state index contributed by atoms with van der Waals surface area (Å²) in [6.07, 6.45) is 2.15. The van der Waals surface area contributed by atoms with Crippen LogP contribution < -0.4 is 17.0 Å². The highest BCUT2D eigenvalue weighted by Gasteiger charge is 2.39. The second-order valence-electron chi connectivity index (χ2n) is 8.19. The molecular weight excluding hydrogens is 464 g/mol. The Morgan fingerprint density at radius 1 is 1.31 bits per heavy atom. The van der Waals surface area contributed by atoms with Gasteiger partial charge in [-0.25, -0.2) is 14.6 Å². The average Bonchev–Trinajstić information content (AvgIpc) is 3.30. The molecule has 0 aliphatic heterocycles. The molecule has 14 heteroatoms. The van der Waals surface area contributed by atoms with E-state index in [4.69, 9.17) is 26.4 Å². The molecular formula is C21H28N6O8. The molecule has 2 aromatic rings. The number of carbonyl (C=O) groups is 3. The van der Waals surface area contributed by atoms with Crippen LogP contribution in [0.4, 0.5) is 5.95 Å². The maximum absolute atomic E-state index is 12.0. The number of H-pyrrole nitrogens is 1. The number of nitrogens with two attached hydrogens (primary N) is 2. The number of hydrogen-bond donors (Lipinski definition) is 6. The molecule has 3 rings (SSSR count). The summed E-state index contributed by atoms with van der Waals surface area (Å²) in [7, 11) is 0. The third-order valence-electron chi connectivity index (χ3n) is 5.38. The largest absolute Gasteiger partial charge is 0.478 e. The standard InChI is InChI=1S/C17H24N6O4.C4H4O4/c1-7(2)12(18)16(26)27-5-9-8(3)10(4-11(9)24)23-6-20-13-14(23)21-17(19)22-15(13)25;5-3(6)1-2-4(7)8/h6-7,9-12,24H,3-5,18H2,1-2H3,(H3,19,21,22,25);1-2H,(H,5,6)(H,7,8)/b;2-1-/t9-,10-,11-,12-;/m0./s1. The lowest BCUT2D eigenvalue weighted by Crippen LogP contribution is -2.38. The quantitative estimate of drug-likeness (QED) is 0.162. The molecule has 8 N–H and O–H groups in total. The molecule has 190 valence electrons. The predicted molar refractivity (Wildman–Crippen MR) is 123 cm³/mol. The van der Waals surface area contributed by atoms with Crippen LogP contribution in [0.1, 0.15) is 26.3 Å². The molecule has 0 spiro atoms. The van der Waals surface area contributed by atoms with E-state index in [0.717, 1.165) is 0 Å². The molecule has 0 radical (unpaired) electrons. The van der Waals surface area contributed by atoms with Crippen LogP contribution in [-0.4, -0.2) is 71.5 Å². The van der Waals surface area contributed by atoms with Gasteiger partial charge < -0.3 is 36.1 Å². The predicted octanol–water partition coefficient (Wildman–Crippen LogP) is -0.582. The van der Waals surface area contributed by atoms with Gasteiger partial charge in [0, 0.05) is 18.1 Å². The molecule has 0 unspecified atom stereocenters. The maximum Gasteiger partial charge on any atom is 0.328 e. The summed E-state index contributed by atoms with van der Waals surface area (Å²) in [6, 6.07) is -1.06. The highest BCUT2D eigenvalue weighted by molar-refractivity contribution is 5.89. The third kappa shape index (κ3) is 6.74. The molecule has 35 heavy (non-hydrogen) atoms. The Morgan fingerprint density at radius 3 is 2.46 bits per heavy atom. The van der Waals surface area contributed by atoms with Gasteiger partial charge in [0.2, 0.25) is 5.95 Å². The molecule has 14 nitrogen and oxygen atoms in total. The first-order valence-electron chi connectivity index (χ1n) is 10.5. The summed E-state index contributed by atoms with van der Waals surface area (Å²) in [5.41, 5.74) is 12.1. The van der Waals surface area contributed by atoms with Gasteiger partial charge in [0.05, 0.1) is 18.5 Å². The second-order valence-corrected chi connectivity index (χ2v) is 8.19. The van der Waals surface area contributed by atoms with E-state index < -0.39 is 41.5 Å². The van der Waals surface area contributed by atoms with Gasteiger partial charge in [-0.1, -0.05) is 20.4 Å². The molecule has 4 atom stereocenters. The zero-order valence-corrected chi connectivity index (χ0v) is 19.1. The zero-order valence-electron chi connectivity index (χ0n) is 19.1. The smallest absolute Gasteiger partial charge is 0.328 e. The lowest BCUT2D eigenvalue weighted by Gasteiger charge is -2.20. The summed E-state index contributed by atoms with van der Waals surface area (Å²) >= 11 is 0. The minimum absolute atomic E-state index is 0.0153. The lowest BCUT2D eigenvalue weighted by atomic mass is 10.0. The van der Waals surface area contributed by atoms with Gasteiger partial charge in [0.25, 0.3) is 5.56 Å². The summed E-state index contributed by atoms with van der Waals surface area (Å²) in [6.45, 7) is 7.70. The zero-order chi connectivity index (χ0) is 26.4. The van der Waals surface area contributed by atoms with Crippen LogP contribution in [0.3, 0.4) is 0 Å². The topological polar surface area (TPSA) is 237 Å². The molecule has 1 aliphatic carbocycles. The number of esters is 1. The van der Waals surface area contributed by atoms with Crippen molar-refractivity contribution in [3.8, 4) is 0 Å². The first-order valence-corrected chi connectivity index (χ1v) is 10.5. The van der Waals surface area contributed by atoms with Crippen molar-refractivity contribution >= 4 is 35.0 Å². The van der Waals surface area contributed by atoms with Gasteiger partial charge in [-0.3, -0.25) is 14.6 Å². The number of aromatic amines is 1. The summed E-state index contributed by atoms with van der Waals surface area (Å²) < 4.78 is 6.94. The molecule has 1 fully saturated rings. The van der Waals surface area contributed by atoms with Crippen molar-refractivity contribution < 1.29 is 34.4 Å². The van der Waals surface area contributed by atoms with Crippen LogP contribution in [0.25, 0.3) is 11.2 Å². The van der Waals surface area contributed by atoms with Crippen LogP contribution in [0, 0.1) is 11.8 Å². The monoisotopic (exact) mass is 492 g/mol. The maximum atomic E-state index is 12.0. The van der Waals surface area contributed by atoms with E-state index in [-0.39, 0.29) is 30.0 Å². The fourth-order valence-corrected chi connectivity index (χ4v) is 3.40. The van der Waals surface area contributed by atoms with Crippen molar-refractivity contribution in [1.82, 2.24) is 19.5 Å². The van der Waals surface area contributed by atoms with Gasteiger partial charge in [0.15, 0.2) is 11.2 Å². The Balaban J connectivity index is 0.000000466. The van der Waals surface area contributed by atoms with Crippen molar-refractivity contribution in [2.75, 3.05) is 12.3 Å². The number of rotatable bonds is 7. The minimum atomic E-state index is -1.26. The number of aliphatic carboxylic acids is 2. The van der Waals surface area contributed by atoms with Gasteiger partial charge >= 0.3 is 17.9 Å². The number of nitrogen functional groups attached to an aromatic ring is 1. The number of carboxylic acid groups (broad SMARTS) is 2. The van der Waals surface area contributed by atoms with Crippen LogP contribution in [0.5, 0.6) is 0 Å². The lowest BCUT2D eigenvalue weighted by molar-refractivity contribution is -0.148. The third-order valence-corrected chi connectivity index (χ3v) is 5.38. The minimum Gasteiger partial charge on any atom is -0.478 e. The van der Waals surface area contributed by atoms with Gasteiger partial charge in [-0.15, -0.1) is 0 Å². The number of fused-ring (bicyclic) bond motifs is 1. The Hall–Kier alpha value is -4.04. The fraction of sp³-hybridized carbons (Fsp3) is 0.429. The molecule has 2 aromatic heterocycles. The Kier molecular flexibility index (Phi) is 8.86. The fourth-order valence-electron chi connectivity index (χ4n) is 3.40. The van der Waals surface area contributed by atoms with E-state index in [0.29, 0.717) is 29.8 Å². The van der Waals surface area contributed by atoms with Crippen molar-refractivity contribution in [2.45, 2.75) is 38.5 Å². The number of anilines is 1. The van der Waals surface area contributed by atoms with Crippen molar-refractivity contribution in [1.29, 1.82) is 0 Å².